The molecule has 0 amide bonds. The van der Waals surface area contributed by atoms with Crippen molar-refractivity contribution in [1.82, 2.24) is 5.48 Å². The molecule has 0 aromatic heterocycles. The summed E-state index contributed by atoms with van der Waals surface area (Å²) in [4.78, 5) is 30.3. The number of carboxylic acids is 1. The highest BCUT2D eigenvalue weighted by molar-refractivity contribution is 8.12. The minimum atomic E-state index is -1.01. The van der Waals surface area contributed by atoms with Gasteiger partial charge >= 0.3 is 11.3 Å². The molecule has 4 N–H and O–H groups in total. The Hall–Kier alpha value is -1.28. The van der Waals surface area contributed by atoms with Crippen molar-refractivity contribution >= 4 is 28.9 Å². The van der Waals surface area contributed by atoms with E-state index in [2.05, 4.69) is 15.3 Å². The molecule has 0 radical (unpaired) electrons. The van der Waals surface area contributed by atoms with E-state index in [0.29, 0.717) is 19.4 Å². The van der Waals surface area contributed by atoms with Crippen LogP contribution in [0, 0.1) is 0 Å². The molecule has 0 aliphatic rings. The fraction of sp³-hybridized carbons (Fsp3) is 0.700. The van der Waals surface area contributed by atoms with E-state index in [4.69, 9.17) is 10.8 Å². The highest BCUT2D eigenvalue weighted by Crippen LogP contribution is 2.05. The van der Waals surface area contributed by atoms with Crippen LogP contribution in [0.15, 0.2) is 4.99 Å². The molecule has 104 valence electrons. The number of aliphatic carboxylic acids is 1. The molecule has 0 saturated heterocycles. The number of nitrogens with zero attached hydrogens (tertiary/aromatic N) is 1. The second-order valence-electron chi connectivity index (χ2n) is 3.51. The average Bonchev–Trinajstić information content (AvgIpc) is 2.34. The van der Waals surface area contributed by atoms with E-state index in [1.165, 1.54) is 6.92 Å². The highest BCUT2D eigenvalue weighted by atomic mass is 32.2. The first-order valence-electron chi connectivity index (χ1n) is 5.49. The smallest absolute Gasteiger partial charge is 0.391 e. The first-order valence-corrected chi connectivity index (χ1v) is 6.71. The quantitative estimate of drug-likeness (QED) is 0.287. The molecule has 0 fully saturated rings. The van der Waals surface area contributed by atoms with E-state index in [1.54, 1.807) is 6.26 Å². The van der Waals surface area contributed by atoms with Crippen molar-refractivity contribution in [3.63, 3.8) is 0 Å². The molecule has 0 aromatic carbocycles. The molecule has 0 aliphatic heterocycles. The molecule has 7 nitrogen and oxygen atoms in total. The maximum atomic E-state index is 10.9. The predicted octanol–water partition coefficient (Wildman–Crippen LogP) is 0.991. The molecular formula is C10H19N3O4S. The summed E-state index contributed by atoms with van der Waals surface area (Å²) in [6.07, 6.45) is 3.42. The number of carbonyl (C=O) groups excluding carboxylic acids is 1. The summed E-state index contributed by atoms with van der Waals surface area (Å²) in [6, 6.07) is -0.850. The number of hydrogen-bond donors (Lipinski definition) is 3. The third-order valence-electron chi connectivity index (χ3n) is 2.01. The molecule has 1 atom stereocenters. The van der Waals surface area contributed by atoms with Crippen LogP contribution in [0.25, 0.3) is 0 Å². The summed E-state index contributed by atoms with van der Waals surface area (Å²) in [5, 5.41) is 8.45. The van der Waals surface area contributed by atoms with Gasteiger partial charge < -0.3 is 15.7 Å². The van der Waals surface area contributed by atoms with Gasteiger partial charge in [-0.1, -0.05) is 0 Å². The number of hydrogen-bond acceptors (Lipinski definition) is 6. The molecule has 0 bridgehead atoms. The fourth-order valence-corrected chi connectivity index (χ4v) is 1.27. The van der Waals surface area contributed by atoms with Crippen LogP contribution in [0.1, 0.15) is 26.2 Å². The normalized spacial score (nSPS) is 12.9. The summed E-state index contributed by atoms with van der Waals surface area (Å²) >= 11 is 0.900. The van der Waals surface area contributed by atoms with E-state index in [-0.39, 0.29) is 5.84 Å². The molecule has 0 rings (SSSR count). The second-order valence-corrected chi connectivity index (χ2v) is 4.25. The van der Waals surface area contributed by atoms with Gasteiger partial charge in [0.15, 0.2) is 0 Å². The third kappa shape index (κ3) is 7.91. The Kier molecular flexibility index (Phi) is 9.03. The number of rotatable bonds is 6. The van der Waals surface area contributed by atoms with Crippen LogP contribution in [-0.2, 0) is 9.63 Å². The fourth-order valence-electron chi connectivity index (χ4n) is 1.14. The van der Waals surface area contributed by atoms with E-state index in [1.807, 2.05) is 0 Å². The maximum absolute atomic E-state index is 10.9. The van der Waals surface area contributed by atoms with E-state index in [0.717, 1.165) is 18.2 Å². The number of carboxylic acid groups (broad SMARTS) is 1. The van der Waals surface area contributed by atoms with Crippen LogP contribution in [-0.4, -0.2) is 41.1 Å². The van der Waals surface area contributed by atoms with Crippen LogP contribution in [0.3, 0.4) is 0 Å². The van der Waals surface area contributed by atoms with Gasteiger partial charge in [0, 0.05) is 0 Å². The Morgan fingerprint density at radius 3 is 2.67 bits per heavy atom. The van der Waals surface area contributed by atoms with Gasteiger partial charge in [-0.2, -0.15) is 0 Å². The van der Waals surface area contributed by atoms with Gasteiger partial charge in [-0.25, -0.2) is 15.1 Å². The molecule has 0 spiro atoms. The number of thioether (sulfide) groups is 1. The largest absolute Gasteiger partial charge is 0.480 e. The minimum Gasteiger partial charge on any atom is -0.480 e. The lowest BCUT2D eigenvalue weighted by atomic mass is 10.1. The number of carbonyl (C=O) groups is 2. The van der Waals surface area contributed by atoms with Crippen LogP contribution in [0.5, 0.6) is 0 Å². The molecule has 0 aliphatic carbocycles. The number of amidine groups is 1. The van der Waals surface area contributed by atoms with E-state index >= 15 is 0 Å². The van der Waals surface area contributed by atoms with Crippen LogP contribution in [0.2, 0.25) is 0 Å². The maximum Gasteiger partial charge on any atom is 0.391 e. The van der Waals surface area contributed by atoms with Crippen LogP contribution >= 0.6 is 11.8 Å². The Morgan fingerprint density at radius 1 is 1.50 bits per heavy atom. The number of nitrogens with one attached hydrogen (secondary N) is 1. The zero-order chi connectivity index (χ0) is 14.0. The molecular weight excluding hydrogens is 258 g/mol. The lowest BCUT2D eigenvalue weighted by Crippen LogP contribution is -2.27. The molecule has 0 unspecified atom stereocenters. The van der Waals surface area contributed by atoms with Crippen molar-refractivity contribution in [1.29, 1.82) is 0 Å². The van der Waals surface area contributed by atoms with Gasteiger partial charge in [-0.05, 0) is 50.7 Å². The average molecular weight is 277 g/mol. The summed E-state index contributed by atoms with van der Waals surface area (Å²) < 4.78 is 0. The second kappa shape index (κ2) is 9.72. The van der Waals surface area contributed by atoms with Crippen LogP contribution in [0.4, 0.5) is 4.79 Å². The lowest BCUT2D eigenvalue weighted by molar-refractivity contribution is -0.138. The zero-order valence-electron chi connectivity index (χ0n) is 10.5. The van der Waals surface area contributed by atoms with Gasteiger partial charge in [0.05, 0.1) is 0 Å². The number of hydroxylamine groups is 1. The molecule has 0 heterocycles. The molecule has 8 heteroatoms. The van der Waals surface area contributed by atoms with Gasteiger partial charge in [0.2, 0.25) is 0 Å². The van der Waals surface area contributed by atoms with E-state index < -0.39 is 17.3 Å². The third-order valence-corrected chi connectivity index (χ3v) is 2.43. The Bertz CT molecular complexity index is 309. The van der Waals surface area contributed by atoms with Crippen molar-refractivity contribution in [2.45, 2.75) is 32.2 Å². The van der Waals surface area contributed by atoms with Gasteiger partial charge in [-0.3, -0.25) is 4.99 Å². The van der Waals surface area contributed by atoms with Gasteiger partial charge in [-0.15, -0.1) is 0 Å². The van der Waals surface area contributed by atoms with Crippen molar-refractivity contribution in [3.05, 3.63) is 0 Å². The monoisotopic (exact) mass is 277 g/mol. The predicted molar refractivity (Wildman–Crippen MR) is 70.6 cm³/mol. The topological polar surface area (TPSA) is 114 Å². The first-order chi connectivity index (χ1) is 8.51. The van der Waals surface area contributed by atoms with Crippen molar-refractivity contribution in [3.8, 4) is 0 Å². The molecule has 0 saturated carbocycles. The Balaban J connectivity index is 4.26. The van der Waals surface area contributed by atoms with E-state index in [9.17, 15) is 9.59 Å². The van der Waals surface area contributed by atoms with Crippen molar-refractivity contribution < 1.29 is 19.5 Å². The van der Waals surface area contributed by atoms with Gasteiger partial charge in [0.1, 0.15) is 11.9 Å². The Morgan fingerprint density at radius 2 is 2.17 bits per heavy atom. The molecule has 0 aromatic rings. The SMILES string of the molecule is CSC(=O)ONC(C)=N[C@@H](CCCCN)C(=O)O. The summed E-state index contributed by atoms with van der Waals surface area (Å²) in [5.41, 5.74) is 7.63. The minimum absolute atomic E-state index is 0.248. The highest BCUT2D eigenvalue weighted by Gasteiger charge is 2.16. The Labute approximate surface area is 110 Å². The zero-order valence-corrected chi connectivity index (χ0v) is 11.3. The summed E-state index contributed by atoms with van der Waals surface area (Å²) in [6.45, 7) is 2.06. The lowest BCUT2D eigenvalue weighted by Gasteiger charge is -2.10. The number of nitrogens with two attached hydrogens (primary N) is 1. The standard InChI is InChI=1S/C10H19N3O4S/c1-7(13-17-10(16)18-2)12-8(9(14)15)5-3-4-6-11/h8H,3-6,11H2,1-2H3,(H,12,13)(H,14,15)/t8-/m0/s1. The summed E-state index contributed by atoms with van der Waals surface area (Å²) in [7, 11) is 0. The first kappa shape index (κ1) is 16.7. The summed E-state index contributed by atoms with van der Waals surface area (Å²) in [5.74, 6) is -0.762. The van der Waals surface area contributed by atoms with Crippen molar-refractivity contribution in [2.75, 3.05) is 12.8 Å². The number of aliphatic imine (C=N–C) groups is 1. The van der Waals surface area contributed by atoms with Gasteiger partial charge in [0.25, 0.3) is 0 Å². The number of unbranched alkanes of at least 4 members (excludes halogenated alkanes) is 1. The molecule has 18 heavy (non-hydrogen) atoms. The van der Waals surface area contributed by atoms with Crippen molar-refractivity contribution in [2.24, 2.45) is 10.7 Å². The van der Waals surface area contributed by atoms with Crippen LogP contribution < -0.4 is 11.2 Å².